The summed E-state index contributed by atoms with van der Waals surface area (Å²) in [6.45, 7) is 3.08. The van der Waals surface area contributed by atoms with Gasteiger partial charge in [-0.2, -0.15) is 0 Å². The van der Waals surface area contributed by atoms with Crippen LogP contribution in [0, 0.1) is 0 Å². The summed E-state index contributed by atoms with van der Waals surface area (Å²) in [6.07, 6.45) is 0.770. The number of hydrogen-bond donors (Lipinski definition) is 2. The van der Waals surface area contributed by atoms with Crippen molar-refractivity contribution in [3.63, 3.8) is 0 Å². The zero-order valence-corrected chi connectivity index (χ0v) is 12.4. The summed E-state index contributed by atoms with van der Waals surface area (Å²) < 4.78 is 0. The minimum atomic E-state index is 0.212. The zero-order valence-electron chi connectivity index (χ0n) is 11.5. The zero-order chi connectivity index (χ0) is 14.2. The van der Waals surface area contributed by atoms with Crippen molar-refractivity contribution < 1.29 is 5.11 Å². The summed E-state index contributed by atoms with van der Waals surface area (Å²) in [5.41, 5.74) is 1.01. The molecule has 0 aliphatic carbocycles. The van der Waals surface area contributed by atoms with Crippen molar-refractivity contribution in [1.29, 1.82) is 0 Å². The van der Waals surface area contributed by atoms with Crippen LogP contribution in [0.1, 0.15) is 13.3 Å². The van der Waals surface area contributed by atoms with E-state index in [9.17, 15) is 0 Å². The van der Waals surface area contributed by atoms with E-state index in [0.717, 1.165) is 41.0 Å². The topological polar surface area (TPSA) is 58.0 Å². The lowest BCUT2D eigenvalue weighted by Gasteiger charge is -2.08. The largest absolute Gasteiger partial charge is 0.396 e. The number of nitrogens with zero attached hydrogens (tertiary/aromatic N) is 2. The van der Waals surface area contributed by atoms with Crippen LogP contribution in [0.3, 0.4) is 0 Å². The van der Waals surface area contributed by atoms with Crippen molar-refractivity contribution in [1.82, 2.24) is 9.97 Å². The van der Waals surface area contributed by atoms with Gasteiger partial charge in [0.2, 0.25) is 0 Å². The predicted molar refractivity (Wildman–Crippen MR) is 84.1 cm³/mol. The average Bonchev–Trinajstić information content (AvgIpc) is 2.49. The second-order valence-corrected chi connectivity index (χ2v) is 5.35. The number of aliphatic hydroxyl groups is 1. The van der Waals surface area contributed by atoms with Gasteiger partial charge in [0.05, 0.1) is 0 Å². The fraction of sp³-hybridized carbons (Fsp3) is 0.333. The molecular formula is C15H19N3OS. The normalized spacial score (nSPS) is 10.5. The molecule has 2 rings (SSSR count). The van der Waals surface area contributed by atoms with Crippen LogP contribution < -0.4 is 5.32 Å². The molecule has 1 aromatic heterocycles. The molecule has 1 aromatic carbocycles. The van der Waals surface area contributed by atoms with Gasteiger partial charge in [0, 0.05) is 30.5 Å². The fourth-order valence-corrected chi connectivity index (χ4v) is 2.56. The highest BCUT2D eigenvalue weighted by Gasteiger charge is 2.06. The van der Waals surface area contributed by atoms with Gasteiger partial charge in [0.25, 0.3) is 0 Å². The van der Waals surface area contributed by atoms with Gasteiger partial charge in [0.15, 0.2) is 5.82 Å². The van der Waals surface area contributed by atoms with Crippen LogP contribution in [-0.2, 0) is 0 Å². The first kappa shape index (κ1) is 14.8. The Morgan fingerprint density at radius 1 is 1.20 bits per heavy atom. The van der Waals surface area contributed by atoms with Crippen LogP contribution in [0.25, 0.3) is 11.4 Å². The Morgan fingerprint density at radius 3 is 2.70 bits per heavy atom. The Kier molecular flexibility index (Phi) is 5.83. The molecule has 0 spiro atoms. The molecule has 106 valence electrons. The Morgan fingerprint density at radius 2 is 2.00 bits per heavy atom. The maximum absolute atomic E-state index is 8.86. The molecule has 4 nitrogen and oxygen atoms in total. The number of nitrogens with one attached hydrogen (secondary N) is 1. The summed E-state index contributed by atoms with van der Waals surface area (Å²) in [7, 11) is 0. The van der Waals surface area contributed by atoms with E-state index >= 15 is 0 Å². The average molecular weight is 289 g/mol. The van der Waals surface area contributed by atoms with E-state index in [4.69, 9.17) is 5.11 Å². The first-order valence-corrected chi connectivity index (χ1v) is 7.74. The van der Waals surface area contributed by atoms with E-state index in [-0.39, 0.29) is 6.61 Å². The van der Waals surface area contributed by atoms with Crippen molar-refractivity contribution in [2.24, 2.45) is 0 Å². The van der Waals surface area contributed by atoms with Gasteiger partial charge in [-0.05, 0) is 13.3 Å². The van der Waals surface area contributed by atoms with E-state index in [1.54, 1.807) is 11.8 Å². The van der Waals surface area contributed by atoms with E-state index < -0.39 is 0 Å². The third kappa shape index (κ3) is 4.21. The van der Waals surface area contributed by atoms with Gasteiger partial charge in [-0.15, -0.1) is 11.8 Å². The lowest BCUT2D eigenvalue weighted by molar-refractivity contribution is 0.296. The van der Waals surface area contributed by atoms with Gasteiger partial charge in [0.1, 0.15) is 10.8 Å². The van der Waals surface area contributed by atoms with Crippen LogP contribution in [0.5, 0.6) is 0 Å². The van der Waals surface area contributed by atoms with E-state index in [1.165, 1.54) is 0 Å². The molecule has 1 heterocycles. The van der Waals surface area contributed by atoms with E-state index in [1.807, 2.05) is 43.3 Å². The number of aliphatic hydroxyl groups excluding tert-OH is 1. The molecule has 0 radical (unpaired) electrons. The van der Waals surface area contributed by atoms with Crippen LogP contribution in [0.15, 0.2) is 41.4 Å². The molecule has 20 heavy (non-hydrogen) atoms. The first-order chi connectivity index (χ1) is 9.83. The van der Waals surface area contributed by atoms with Crippen LogP contribution in [-0.4, -0.2) is 34.0 Å². The van der Waals surface area contributed by atoms with Crippen molar-refractivity contribution >= 4 is 17.6 Å². The molecule has 2 aromatic rings. The van der Waals surface area contributed by atoms with Crippen molar-refractivity contribution in [3.05, 3.63) is 36.4 Å². The summed E-state index contributed by atoms with van der Waals surface area (Å²) in [5.74, 6) is 2.43. The number of anilines is 1. The molecule has 5 heteroatoms. The highest BCUT2D eigenvalue weighted by Crippen LogP contribution is 2.23. The quantitative estimate of drug-likeness (QED) is 0.466. The molecule has 0 fully saturated rings. The van der Waals surface area contributed by atoms with Gasteiger partial charge in [-0.25, -0.2) is 9.97 Å². The van der Waals surface area contributed by atoms with Crippen LogP contribution in [0.2, 0.25) is 0 Å². The maximum Gasteiger partial charge on any atom is 0.162 e. The lowest BCUT2D eigenvalue weighted by atomic mass is 10.2. The number of hydrogen-bond acceptors (Lipinski definition) is 5. The van der Waals surface area contributed by atoms with Gasteiger partial charge < -0.3 is 10.4 Å². The summed E-state index contributed by atoms with van der Waals surface area (Å²) in [5, 5.41) is 13.0. The Balaban J connectivity index is 2.26. The highest BCUT2D eigenvalue weighted by molar-refractivity contribution is 7.99. The lowest BCUT2D eigenvalue weighted by Crippen LogP contribution is -2.02. The second-order valence-electron chi connectivity index (χ2n) is 4.24. The molecule has 2 N–H and O–H groups in total. The van der Waals surface area contributed by atoms with Crippen molar-refractivity contribution in [3.8, 4) is 11.4 Å². The molecule has 0 saturated carbocycles. The van der Waals surface area contributed by atoms with E-state index in [2.05, 4.69) is 15.3 Å². The molecule has 0 saturated heterocycles. The standard InChI is InChI=1S/C15H19N3OS/c1-2-16-13-11-14(20-10-6-9-19)18-15(17-13)12-7-4-3-5-8-12/h3-5,7-8,11,19H,2,6,9-10H2,1H3,(H,16,17,18). The molecule has 0 aliphatic rings. The van der Waals surface area contributed by atoms with Gasteiger partial charge >= 0.3 is 0 Å². The van der Waals surface area contributed by atoms with Crippen molar-refractivity contribution in [2.45, 2.75) is 18.4 Å². The molecule has 0 aliphatic heterocycles. The minimum absolute atomic E-state index is 0.212. The summed E-state index contributed by atoms with van der Waals surface area (Å²) >= 11 is 1.64. The van der Waals surface area contributed by atoms with E-state index in [0.29, 0.717) is 0 Å². The van der Waals surface area contributed by atoms with Gasteiger partial charge in [-0.1, -0.05) is 30.3 Å². The first-order valence-electron chi connectivity index (χ1n) is 6.75. The molecule has 0 atom stereocenters. The Bertz CT molecular complexity index is 534. The number of thioether (sulfide) groups is 1. The maximum atomic E-state index is 8.86. The third-order valence-corrected chi connectivity index (χ3v) is 3.64. The number of aromatic nitrogens is 2. The molecular weight excluding hydrogens is 270 g/mol. The number of rotatable bonds is 7. The number of benzene rings is 1. The SMILES string of the molecule is CCNc1cc(SCCCO)nc(-c2ccccc2)n1. The fourth-order valence-electron chi connectivity index (χ4n) is 1.73. The third-order valence-electron chi connectivity index (χ3n) is 2.64. The summed E-state index contributed by atoms with van der Waals surface area (Å²) in [4.78, 5) is 9.12. The second kappa shape index (κ2) is 7.87. The molecule has 0 unspecified atom stereocenters. The van der Waals surface area contributed by atoms with Gasteiger partial charge in [-0.3, -0.25) is 0 Å². The Hall–Kier alpha value is -1.59. The Labute approximate surface area is 123 Å². The minimum Gasteiger partial charge on any atom is -0.396 e. The van der Waals surface area contributed by atoms with Crippen molar-refractivity contribution in [2.75, 3.05) is 24.2 Å². The predicted octanol–water partition coefficient (Wildman–Crippen LogP) is 3.05. The molecule has 0 amide bonds. The highest BCUT2D eigenvalue weighted by atomic mass is 32.2. The summed E-state index contributed by atoms with van der Waals surface area (Å²) in [6, 6.07) is 11.9. The smallest absolute Gasteiger partial charge is 0.162 e. The molecule has 0 bridgehead atoms. The van der Waals surface area contributed by atoms with Crippen LogP contribution >= 0.6 is 11.8 Å². The van der Waals surface area contributed by atoms with Crippen LogP contribution in [0.4, 0.5) is 5.82 Å². The monoisotopic (exact) mass is 289 g/mol.